The van der Waals surface area contributed by atoms with Gasteiger partial charge in [0.25, 0.3) is 0 Å². The number of carboxylic acid groups (broad SMARTS) is 1. The van der Waals surface area contributed by atoms with E-state index in [1.54, 1.807) is 9.80 Å². The van der Waals surface area contributed by atoms with Crippen molar-refractivity contribution in [2.24, 2.45) is 11.8 Å². The van der Waals surface area contributed by atoms with Crippen molar-refractivity contribution < 1.29 is 24.2 Å². The summed E-state index contributed by atoms with van der Waals surface area (Å²) >= 11 is 0. The number of piperidine rings is 1. The van der Waals surface area contributed by atoms with Crippen LogP contribution in [0.4, 0.5) is 4.79 Å². The third-order valence-corrected chi connectivity index (χ3v) is 4.64. The smallest absolute Gasteiger partial charge is 0.410 e. The van der Waals surface area contributed by atoms with E-state index in [4.69, 9.17) is 9.84 Å². The zero-order valence-corrected chi connectivity index (χ0v) is 14.8. The van der Waals surface area contributed by atoms with E-state index in [-0.39, 0.29) is 18.4 Å². The van der Waals surface area contributed by atoms with Gasteiger partial charge in [0.05, 0.1) is 5.92 Å². The molecule has 1 atom stereocenters. The first-order valence-electron chi connectivity index (χ1n) is 8.64. The minimum Gasteiger partial charge on any atom is -0.481 e. The van der Waals surface area contributed by atoms with Crippen LogP contribution in [0.15, 0.2) is 0 Å². The van der Waals surface area contributed by atoms with Gasteiger partial charge in [-0.15, -0.1) is 0 Å². The minimum atomic E-state index is -0.892. The van der Waals surface area contributed by atoms with Gasteiger partial charge in [-0.2, -0.15) is 0 Å². The van der Waals surface area contributed by atoms with Crippen molar-refractivity contribution in [3.05, 3.63) is 0 Å². The van der Waals surface area contributed by atoms with Crippen molar-refractivity contribution in [2.75, 3.05) is 26.2 Å². The molecule has 0 saturated carbocycles. The van der Waals surface area contributed by atoms with Crippen LogP contribution in [0.5, 0.6) is 0 Å². The summed E-state index contributed by atoms with van der Waals surface area (Å²) in [5, 5.41) is 9.00. The molecule has 1 N–H and O–H groups in total. The number of carboxylic acids is 1. The van der Waals surface area contributed by atoms with Crippen molar-refractivity contribution in [3.63, 3.8) is 0 Å². The van der Waals surface area contributed by atoms with Crippen LogP contribution in [0.1, 0.15) is 46.5 Å². The van der Waals surface area contributed by atoms with E-state index in [2.05, 4.69) is 0 Å². The predicted octanol–water partition coefficient (Wildman–Crippen LogP) is 1.96. The van der Waals surface area contributed by atoms with Crippen LogP contribution in [0, 0.1) is 11.8 Å². The Labute approximate surface area is 142 Å². The van der Waals surface area contributed by atoms with Gasteiger partial charge in [0.15, 0.2) is 0 Å². The summed E-state index contributed by atoms with van der Waals surface area (Å²) in [6, 6.07) is 0. The number of carbonyl (C=O) groups excluding carboxylic acids is 2. The summed E-state index contributed by atoms with van der Waals surface area (Å²) in [6.07, 6.45) is 2.50. The van der Waals surface area contributed by atoms with Gasteiger partial charge in [0, 0.05) is 32.6 Å². The Balaban J connectivity index is 1.71. The molecule has 0 aromatic carbocycles. The number of carbonyl (C=O) groups is 3. The maximum Gasteiger partial charge on any atom is 0.410 e. The molecule has 136 valence electrons. The van der Waals surface area contributed by atoms with Crippen molar-refractivity contribution in [3.8, 4) is 0 Å². The van der Waals surface area contributed by atoms with E-state index in [0.717, 1.165) is 19.3 Å². The van der Waals surface area contributed by atoms with Crippen LogP contribution >= 0.6 is 0 Å². The lowest BCUT2D eigenvalue weighted by atomic mass is 9.93. The number of nitrogens with zero attached hydrogens (tertiary/aromatic N) is 2. The Morgan fingerprint density at radius 1 is 1.25 bits per heavy atom. The van der Waals surface area contributed by atoms with Crippen LogP contribution < -0.4 is 0 Å². The Bertz CT molecular complexity index is 492. The van der Waals surface area contributed by atoms with Crippen molar-refractivity contribution in [1.29, 1.82) is 0 Å². The summed E-state index contributed by atoms with van der Waals surface area (Å²) in [7, 11) is 0. The monoisotopic (exact) mass is 340 g/mol. The highest BCUT2D eigenvalue weighted by atomic mass is 16.6. The SMILES string of the molecule is CC(C)(C)OC(=O)N1CCC(CCN2CC(C(=O)O)CC2=O)CC1. The number of hydrogen-bond donors (Lipinski definition) is 1. The van der Waals surface area contributed by atoms with Gasteiger partial charge in [-0.3, -0.25) is 9.59 Å². The minimum absolute atomic E-state index is 0.0615. The lowest BCUT2D eigenvalue weighted by Crippen LogP contribution is -2.42. The zero-order chi connectivity index (χ0) is 17.9. The van der Waals surface area contributed by atoms with Gasteiger partial charge in [-0.25, -0.2) is 4.79 Å². The van der Waals surface area contributed by atoms with Crippen LogP contribution in [-0.2, 0) is 14.3 Å². The number of aliphatic carboxylic acids is 1. The predicted molar refractivity (Wildman–Crippen MR) is 87.5 cm³/mol. The molecular formula is C17H28N2O5. The molecule has 2 saturated heterocycles. The van der Waals surface area contributed by atoms with Crippen molar-refractivity contribution in [1.82, 2.24) is 9.80 Å². The molecule has 0 aliphatic carbocycles. The number of hydrogen-bond acceptors (Lipinski definition) is 4. The highest BCUT2D eigenvalue weighted by molar-refractivity contribution is 5.86. The molecular weight excluding hydrogens is 312 g/mol. The first-order valence-corrected chi connectivity index (χ1v) is 8.64. The zero-order valence-electron chi connectivity index (χ0n) is 14.8. The Hall–Kier alpha value is -1.79. The lowest BCUT2D eigenvalue weighted by Gasteiger charge is -2.34. The average Bonchev–Trinajstić information content (AvgIpc) is 2.85. The van der Waals surface area contributed by atoms with E-state index in [0.29, 0.717) is 32.1 Å². The highest BCUT2D eigenvalue weighted by Crippen LogP contribution is 2.24. The van der Waals surface area contributed by atoms with Crippen LogP contribution in [0.3, 0.4) is 0 Å². The van der Waals surface area contributed by atoms with Crippen LogP contribution in [0.2, 0.25) is 0 Å². The topological polar surface area (TPSA) is 87.2 Å². The van der Waals surface area contributed by atoms with Gasteiger partial charge in [-0.1, -0.05) is 0 Å². The number of ether oxygens (including phenoxy) is 1. The molecule has 0 aromatic heterocycles. The molecule has 0 radical (unpaired) electrons. The van der Waals surface area contributed by atoms with Crippen molar-refractivity contribution in [2.45, 2.75) is 52.1 Å². The third kappa shape index (κ3) is 5.11. The molecule has 2 heterocycles. The molecule has 2 aliphatic rings. The fraction of sp³-hybridized carbons (Fsp3) is 0.824. The molecule has 1 unspecified atom stereocenters. The molecule has 7 nitrogen and oxygen atoms in total. The number of amides is 2. The average molecular weight is 340 g/mol. The first kappa shape index (κ1) is 18.5. The van der Waals surface area contributed by atoms with Gasteiger partial charge >= 0.3 is 12.1 Å². The second-order valence-corrected chi connectivity index (χ2v) is 7.78. The summed E-state index contributed by atoms with van der Waals surface area (Å²) in [6.45, 7) is 7.85. The maximum atomic E-state index is 12.0. The molecule has 0 spiro atoms. The van der Waals surface area contributed by atoms with E-state index in [1.807, 2.05) is 20.8 Å². The summed E-state index contributed by atoms with van der Waals surface area (Å²) in [4.78, 5) is 38.2. The van der Waals surface area contributed by atoms with E-state index < -0.39 is 17.5 Å². The summed E-state index contributed by atoms with van der Waals surface area (Å²) < 4.78 is 5.38. The van der Waals surface area contributed by atoms with Gasteiger partial charge in [0.1, 0.15) is 5.60 Å². The van der Waals surface area contributed by atoms with Crippen LogP contribution in [-0.4, -0.2) is 64.7 Å². The van der Waals surface area contributed by atoms with E-state index >= 15 is 0 Å². The molecule has 0 aromatic rings. The van der Waals surface area contributed by atoms with Gasteiger partial charge in [-0.05, 0) is 46.0 Å². The summed E-state index contributed by atoms with van der Waals surface area (Å²) in [5.41, 5.74) is -0.481. The fourth-order valence-corrected chi connectivity index (χ4v) is 3.22. The molecule has 7 heteroatoms. The fourth-order valence-electron chi connectivity index (χ4n) is 3.22. The molecule has 24 heavy (non-hydrogen) atoms. The van der Waals surface area contributed by atoms with Gasteiger partial charge < -0.3 is 19.6 Å². The number of likely N-dealkylation sites (tertiary alicyclic amines) is 2. The maximum absolute atomic E-state index is 12.0. The molecule has 2 amide bonds. The van der Waals surface area contributed by atoms with Gasteiger partial charge in [0.2, 0.25) is 5.91 Å². The normalized spacial score (nSPS) is 22.8. The van der Waals surface area contributed by atoms with E-state index in [9.17, 15) is 14.4 Å². The van der Waals surface area contributed by atoms with Crippen molar-refractivity contribution >= 4 is 18.0 Å². The molecule has 2 fully saturated rings. The quantitative estimate of drug-likeness (QED) is 0.845. The third-order valence-electron chi connectivity index (χ3n) is 4.64. The summed E-state index contributed by atoms with van der Waals surface area (Å²) in [5.74, 6) is -1.06. The van der Waals surface area contributed by atoms with E-state index in [1.165, 1.54) is 0 Å². The lowest BCUT2D eigenvalue weighted by molar-refractivity contribution is -0.141. The Morgan fingerprint density at radius 2 is 1.88 bits per heavy atom. The molecule has 2 rings (SSSR count). The number of rotatable bonds is 4. The standard InChI is InChI=1S/C17H28N2O5/c1-17(2,3)24-16(23)18-7-4-12(5-8-18)6-9-19-11-13(15(21)22)10-14(19)20/h12-13H,4-11H2,1-3H3,(H,21,22). The molecule has 0 bridgehead atoms. The van der Waals surface area contributed by atoms with Crippen LogP contribution in [0.25, 0.3) is 0 Å². The second kappa shape index (κ2) is 7.40. The Morgan fingerprint density at radius 3 is 2.38 bits per heavy atom. The largest absolute Gasteiger partial charge is 0.481 e. The highest BCUT2D eigenvalue weighted by Gasteiger charge is 2.34. The Kier molecular flexibility index (Phi) is 5.72. The molecule has 2 aliphatic heterocycles. The first-order chi connectivity index (χ1) is 11.2. The second-order valence-electron chi connectivity index (χ2n) is 7.78.